The highest BCUT2D eigenvalue weighted by Gasteiger charge is 2.33. The quantitative estimate of drug-likeness (QED) is 0.816. The molecular formula is C10H15N3O2. The van der Waals surface area contributed by atoms with Gasteiger partial charge in [0.1, 0.15) is 0 Å². The Bertz CT molecular complexity index is 380. The minimum Gasteiger partial charge on any atom is -0.476 e. The Labute approximate surface area is 88.1 Å². The van der Waals surface area contributed by atoms with Gasteiger partial charge in [-0.25, -0.2) is 9.48 Å². The van der Waals surface area contributed by atoms with Gasteiger partial charge < -0.3 is 5.11 Å². The second-order valence-electron chi connectivity index (χ2n) is 4.48. The van der Waals surface area contributed by atoms with Crippen molar-refractivity contribution in [2.24, 2.45) is 5.92 Å². The van der Waals surface area contributed by atoms with Gasteiger partial charge >= 0.3 is 5.97 Å². The highest BCUT2D eigenvalue weighted by Crippen LogP contribution is 2.41. The first kappa shape index (κ1) is 10.1. The van der Waals surface area contributed by atoms with Crippen LogP contribution >= 0.6 is 0 Å². The molecule has 0 amide bonds. The van der Waals surface area contributed by atoms with Gasteiger partial charge in [0, 0.05) is 12.5 Å². The molecule has 1 fully saturated rings. The molecule has 5 nitrogen and oxygen atoms in total. The predicted octanol–water partition coefficient (Wildman–Crippen LogP) is 1.51. The fourth-order valence-electron chi connectivity index (χ4n) is 1.71. The van der Waals surface area contributed by atoms with Gasteiger partial charge in [-0.3, -0.25) is 0 Å². The summed E-state index contributed by atoms with van der Waals surface area (Å²) in [5.74, 6) is -0.150. The van der Waals surface area contributed by atoms with Gasteiger partial charge in [0.25, 0.3) is 0 Å². The van der Waals surface area contributed by atoms with Crippen LogP contribution in [0.4, 0.5) is 0 Å². The van der Waals surface area contributed by atoms with Gasteiger partial charge in [0.05, 0.1) is 5.69 Å². The molecule has 0 spiro atoms. The molecule has 0 aromatic carbocycles. The predicted molar refractivity (Wildman–Crippen MR) is 53.8 cm³/mol. The van der Waals surface area contributed by atoms with Crippen molar-refractivity contribution >= 4 is 5.97 Å². The number of carbonyl (C=O) groups is 1. The summed E-state index contributed by atoms with van der Waals surface area (Å²) in [7, 11) is 0. The summed E-state index contributed by atoms with van der Waals surface area (Å²) in [5.41, 5.74) is 0.953. The molecule has 1 aliphatic carbocycles. The van der Waals surface area contributed by atoms with Crippen molar-refractivity contribution in [3.05, 3.63) is 11.4 Å². The lowest BCUT2D eigenvalue weighted by molar-refractivity contribution is 0.0689. The Hall–Kier alpha value is -1.39. The van der Waals surface area contributed by atoms with E-state index >= 15 is 0 Å². The van der Waals surface area contributed by atoms with E-state index in [9.17, 15) is 4.79 Å². The van der Waals surface area contributed by atoms with Gasteiger partial charge in [-0.1, -0.05) is 19.1 Å². The summed E-state index contributed by atoms with van der Waals surface area (Å²) in [4.78, 5) is 10.9. The van der Waals surface area contributed by atoms with Crippen LogP contribution in [0.25, 0.3) is 0 Å². The van der Waals surface area contributed by atoms with Crippen molar-refractivity contribution in [3.63, 3.8) is 0 Å². The van der Waals surface area contributed by atoms with Crippen LogP contribution in [-0.2, 0) is 6.54 Å². The van der Waals surface area contributed by atoms with E-state index in [1.165, 1.54) is 0 Å². The van der Waals surface area contributed by atoms with Crippen molar-refractivity contribution in [2.75, 3.05) is 0 Å². The number of carboxylic acid groups (broad SMARTS) is 1. The minimum atomic E-state index is -0.966. The molecule has 1 saturated carbocycles. The van der Waals surface area contributed by atoms with Crippen LogP contribution in [0.5, 0.6) is 0 Å². The molecule has 1 N–H and O–H groups in total. The van der Waals surface area contributed by atoms with E-state index < -0.39 is 5.97 Å². The van der Waals surface area contributed by atoms with Crippen LogP contribution in [0, 0.1) is 5.92 Å². The third-order valence-corrected chi connectivity index (χ3v) is 2.48. The largest absolute Gasteiger partial charge is 0.476 e. The number of rotatable bonds is 4. The lowest BCUT2D eigenvalue weighted by Crippen LogP contribution is -2.11. The molecular weight excluding hydrogens is 194 g/mol. The van der Waals surface area contributed by atoms with Gasteiger partial charge in [0.15, 0.2) is 5.69 Å². The molecule has 1 heterocycles. The van der Waals surface area contributed by atoms with E-state index in [2.05, 4.69) is 24.2 Å². The number of hydrogen-bond acceptors (Lipinski definition) is 3. The van der Waals surface area contributed by atoms with E-state index in [1.54, 1.807) is 4.68 Å². The Morgan fingerprint density at radius 3 is 2.73 bits per heavy atom. The number of hydrogen-bond donors (Lipinski definition) is 1. The third-order valence-electron chi connectivity index (χ3n) is 2.48. The Balaban J connectivity index is 2.33. The molecule has 0 saturated heterocycles. The van der Waals surface area contributed by atoms with Gasteiger partial charge in [-0.2, -0.15) is 0 Å². The molecule has 15 heavy (non-hydrogen) atoms. The van der Waals surface area contributed by atoms with Gasteiger partial charge in [-0.15, -0.1) is 5.10 Å². The molecule has 82 valence electrons. The molecule has 5 heteroatoms. The Morgan fingerprint density at radius 2 is 2.27 bits per heavy atom. The molecule has 0 bridgehead atoms. The zero-order valence-electron chi connectivity index (χ0n) is 8.97. The van der Waals surface area contributed by atoms with Crippen LogP contribution in [0.1, 0.15) is 48.8 Å². The molecule has 1 aromatic rings. The zero-order valence-corrected chi connectivity index (χ0v) is 8.97. The van der Waals surface area contributed by atoms with Crippen molar-refractivity contribution in [2.45, 2.75) is 39.2 Å². The summed E-state index contributed by atoms with van der Waals surface area (Å²) in [6, 6.07) is 0. The van der Waals surface area contributed by atoms with Gasteiger partial charge in [-0.05, 0) is 18.8 Å². The van der Waals surface area contributed by atoms with Crippen molar-refractivity contribution in [1.82, 2.24) is 15.0 Å². The Kier molecular flexibility index (Phi) is 2.46. The molecule has 1 aliphatic rings. The number of carboxylic acids is 1. The third kappa shape index (κ3) is 2.00. The maximum atomic E-state index is 10.9. The smallest absolute Gasteiger partial charge is 0.358 e. The van der Waals surface area contributed by atoms with Crippen LogP contribution < -0.4 is 0 Å². The lowest BCUT2D eigenvalue weighted by Gasteiger charge is -2.07. The topological polar surface area (TPSA) is 68.0 Å². The van der Waals surface area contributed by atoms with Crippen molar-refractivity contribution in [1.29, 1.82) is 0 Å². The molecule has 0 unspecified atom stereocenters. The SMILES string of the molecule is CC(C)Cn1nnc(C(=O)O)c1C1CC1. The van der Waals surface area contributed by atoms with Crippen molar-refractivity contribution < 1.29 is 9.90 Å². The average molecular weight is 209 g/mol. The monoisotopic (exact) mass is 209 g/mol. The van der Waals surface area contributed by atoms with E-state index in [0.717, 1.165) is 25.1 Å². The van der Waals surface area contributed by atoms with E-state index in [0.29, 0.717) is 11.8 Å². The standard InChI is InChI=1S/C10H15N3O2/c1-6(2)5-13-9(7-3-4-7)8(10(14)15)11-12-13/h6-7H,3-5H2,1-2H3,(H,14,15). The molecule has 1 aromatic heterocycles. The van der Waals surface area contributed by atoms with E-state index in [1.807, 2.05) is 0 Å². The maximum absolute atomic E-state index is 10.9. The average Bonchev–Trinajstić information content (AvgIpc) is 2.87. The number of nitrogens with zero attached hydrogens (tertiary/aromatic N) is 3. The number of aromatic carboxylic acids is 1. The summed E-state index contributed by atoms with van der Waals surface area (Å²) < 4.78 is 1.76. The first-order valence-corrected chi connectivity index (χ1v) is 5.26. The highest BCUT2D eigenvalue weighted by molar-refractivity contribution is 5.86. The summed E-state index contributed by atoms with van der Waals surface area (Å²) in [5, 5.41) is 16.6. The summed E-state index contributed by atoms with van der Waals surface area (Å²) >= 11 is 0. The summed E-state index contributed by atoms with van der Waals surface area (Å²) in [6.07, 6.45) is 2.12. The molecule has 0 radical (unpaired) electrons. The zero-order chi connectivity index (χ0) is 11.0. The fraction of sp³-hybridized carbons (Fsp3) is 0.700. The van der Waals surface area contributed by atoms with Crippen molar-refractivity contribution in [3.8, 4) is 0 Å². The number of aromatic nitrogens is 3. The highest BCUT2D eigenvalue weighted by atomic mass is 16.4. The normalized spacial score (nSPS) is 15.9. The maximum Gasteiger partial charge on any atom is 0.358 e. The van der Waals surface area contributed by atoms with Crippen LogP contribution in [-0.4, -0.2) is 26.1 Å². The van der Waals surface area contributed by atoms with E-state index in [-0.39, 0.29) is 5.69 Å². The van der Waals surface area contributed by atoms with Gasteiger partial charge in [0.2, 0.25) is 0 Å². The second-order valence-corrected chi connectivity index (χ2v) is 4.48. The summed E-state index contributed by atoms with van der Waals surface area (Å²) in [6.45, 7) is 4.91. The molecule has 2 rings (SSSR count). The lowest BCUT2D eigenvalue weighted by atomic mass is 10.2. The molecule has 0 aliphatic heterocycles. The van der Waals surface area contributed by atoms with Crippen LogP contribution in [0.15, 0.2) is 0 Å². The van der Waals surface area contributed by atoms with Crippen LogP contribution in [0.3, 0.4) is 0 Å². The van der Waals surface area contributed by atoms with E-state index in [4.69, 9.17) is 5.11 Å². The second kappa shape index (κ2) is 3.64. The first-order chi connectivity index (χ1) is 7.09. The minimum absolute atomic E-state index is 0.137. The molecule has 0 atom stereocenters. The fourth-order valence-corrected chi connectivity index (χ4v) is 1.71. The first-order valence-electron chi connectivity index (χ1n) is 5.26. The Morgan fingerprint density at radius 1 is 1.60 bits per heavy atom. The van der Waals surface area contributed by atoms with Crippen LogP contribution in [0.2, 0.25) is 0 Å².